The zero-order chi connectivity index (χ0) is 23.5. The number of esters is 1. The van der Waals surface area contributed by atoms with Crippen molar-refractivity contribution in [2.45, 2.75) is 25.7 Å². The molecule has 0 saturated carbocycles. The van der Waals surface area contributed by atoms with Crippen molar-refractivity contribution in [3.8, 4) is 10.4 Å². The average Bonchev–Trinajstić information content (AvgIpc) is 3.59. The Morgan fingerprint density at radius 1 is 1.15 bits per heavy atom. The highest BCUT2D eigenvalue weighted by atomic mass is 32.1. The molecular formula is C25H25N3O3S3. The van der Waals surface area contributed by atoms with Gasteiger partial charge in [-0.3, -0.25) is 9.69 Å². The number of thiazole rings is 1. The number of nitrogens with one attached hydrogen (secondary N) is 1. The Labute approximate surface area is 210 Å². The molecule has 1 amide bonds. The number of aromatic nitrogens is 1. The molecule has 0 radical (unpaired) electrons. The summed E-state index contributed by atoms with van der Waals surface area (Å²) >= 11 is 4.71. The van der Waals surface area contributed by atoms with Gasteiger partial charge in [-0.2, -0.15) is 0 Å². The van der Waals surface area contributed by atoms with E-state index >= 15 is 0 Å². The lowest BCUT2D eigenvalue weighted by molar-refractivity contribution is -0.117. The summed E-state index contributed by atoms with van der Waals surface area (Å²) < 4.78 is 6.51. The van der Waals surface area contributed by atoms with Gasteiger partial charge in [0, 0.05) is 21.7 Å². The SMILES string of the molecule is CCOC(=O)c1c(-c2cccs2)csc1NC(=O)CN1CCC(c2nc3ccccc3s2)CC1. The lowest BCUT2D eigenvalue weighted by Crippen LogP contribution is -2.38. The minimum absolute atomic E-state index is 0.108. The number of ether oxygens (including phenoxy) is 1. The number of likely N-dealkylation sites (tertiary alicyclic amines) is 1. The fourth-order valence-electron chi connectivity index (χ4n) is 4.24. The van der Waals surface area contributed by atoms with Crippen LogP contribution in [0, 0.1) is 0 Å². The molecule has 1 aliphatic heterocycles. The fourth-order valence-corrected chi connectivity index (χ4v) is 7.17. The van der Waals surface area contributed by atoms with E-state index in [1.165, 1.54) is 21.0 Å². The molecule has 176 valence electrons. The van der Waals surface area contributed by atoms with Gasteiger partial charge in [0.05, 0.1) is 28.4 Å². The number of anilines is 1. The lowest BCUT2D eigenvalue weighted by Gasteiger charge is -2.30. The second-order valence-electron chi connectivity index (χ2n) is 8.17. The van der Waals surface area contributed by atoms with Gasteiger partial charge in [0.25, 0.3) is 0 Å². The van der Waals surface area contributed by atoms with E-state index in [4.69, 9.17) is 9.72 Å². The van der Waals surface area contributed by atoms with Crippen LogP contribution in [0.4, 0.5) is 5.00 Å². The third kappa shape index (κ3) is 4.93. The Kier molecular flexibility index (Phi) is 7.05. The first-order valence-electron chi connectivity index (χ1n) is 11.3. The van der Waals surface area contributed by atoms with Gasteiger partial charge in [-0.05, 0) is 56.4 Å². The van der Waals surface area contributed by atoms with Crippen LogP contribution in [-0.2, 0) is 9.53 Å². The molecule has 4 aromatic rings. The number of fused-ring (bicyclic) bond motifs is 1. The van der Waals surface area contributed by atoms with Gasteiger partial charge in [-0.15, -0.1) is 34.0 Å². The van der Waals surface area contributed by atoms with Gasteiger partial charge < -0.3 is 10.1 Å². The van der Waals surface area contributed by atoms with Crippen LogP contribution in [0.3, 0.4) is 0 Å². The first-order valence-corrected chi connectivity index (χ1v) is 13.9. The Morgan fingerprint density at radius 2 is 1.97 bits per heavy atom. The number of hydrogen-bond acceptors (Lipinski definition) is 8. The summed E-state index contributed by atoms with van der Waals surface area (Å²) in [5, 5.41) is 8.61. The zero-order valence-electron chi connectivity index (χ0n) is 18.8. The number of carbonyl (C=O) groups is 2. The average molecular weight is 512 g/mol. The molecule has 1 N–H and O–H groups in total. The number of piperidine rings is 1. The molecular weight excluding hydrogens is 486 g/mol. The Bertz CT molecular complexity index is 1250. The molecule has 3 aromatic heterocycles. The highest BCUT2D eigenvalue weighted by Gasteiger charge is 2.26. The van der Waals surface area contributed by atoms with E-state index in [1.807, 2.05) is 29.0 Å². The highest BCUT2D eigenvalue weighted by Crippen LogP contribution is 2.38. The van der Waals surface area contributed by atoms with Crippen molar-refractivity contribution in [2.75, 3.05) is 31.6 Å². The molecule has 34 heavy (non-hydrogen) atoms. The molecule has 0 unspecified atom stereocenters. The molecule has 1 fully saturated rings. The predicted molar refractivity (Wildman–Crippen MR) is 140 cm³/mol. The number of nitrogens with zero attached hydrogens (tertiary/aromatic N) is 2. The van der Waals surface area contributed by atoms with E-state index in [9.17, 15) is 9.59 Å². The molecule has 1 aromatic carbocycles. The smallest absolute Gasteiger partial charge is 0.341 e. The fraction of sp³-hybridized carbons (Fsp3) is 0.320. The molecule has 9 heteroatoms. The van der Waals surface area contributed by atoms with E-state index in [-0.39, 0.29) is 12.5 Å². The topological polar surface area (TPSA) is 71.5 Å². The first-order chi connectivity index (χ1) is 16.6. The predicted octanol–water partition coefficient (Wildman–Crippen LogP) is 6.08. The number of rotatable bonds is 7. The maximum atomic E-state index is 12.9. The Hall–Kier alpha value is -2.59. The van der Waals surface area contributed by atoms with Crippen molar-refractivity contribution in [2.24, 2.45) is 0 Å². The molecule has 6 nitrogen and oxygen atoms in total. The second-order valence-corrected chi connectivity index (χ2v) is 11.1. The van der Waals surface area contributed by atoms with Gasteiger partial charge in [0.15, 0.2) is 0 Å². The molecule has 4 heterocycles. The Balaban J connectivity index is 1.21. The zero-order valence-corrected chi connectivity index (χ0v) is 21.2. The highest BCUT2D eigenvalue weighted by molar-refractivity contribution is 7.18. The van der Waals surface area contributed by atoms with Gasteiger partial charge in [-0.1, -0.05) is 18.2 Å². The van der Waals surface area contributed by atoms with Crippen LogP contribution in [-0.4, -0.2) is 48.0 Å². The van der Waals surface area contributed by atoms with Crippen molar-refractivity contribution in [3.05, 3.63) is 57.7 Å². The monoisotopic (exact) mass is 511 g/mol. The number of benzene rings is 1. The van der Waals surface area contributed by atoms with Gasteiger partial charge >= 0.3 is 5.97 Å². The maximum absolute atomic E-state index is 12.9. The maximum Gasteiger partial charge on any atom is 0.341 e. The van der Waals surface area contributed by atoms with Crippen LogP contribution < -0.4 is 5.32 Å². The summed E-state index contributed by atoms with van der Waals surface area (Å²) in [6.07, 6.45) is 1.98. The summed E-state index contributed by atoms with van der Waals surface area (Å²) in [6, 6.07) is 12.2. The Morgan fingerprint density at radius 3 is 2.71 bits per heavy atom. The molecule has 0 atom stereocenters. The summed E-state index contributed by atoms with van der Waals surface area (Å²) in [4.78, 5) is 33.5. The summed E-state index contributed by atoms with van der Waals surface area (Å²) in [6.45, 7) is 4.08. The number of amides is 1. The summed E-state index contributed by atoms with van der Waals surface area (Å²) in [5.74, 6) is -0.0690. The van der Waals surface area contributed by atoms with Crippen LogP contribution in [0.2, 0.25) is 0 Å². The van der Waals surface area contributed by atoms with Crippen LogP contribution in [0.5, 0.6) is 0 Å². The third-order valence-electron chi connectivity index (χ3n) is 5.92. The van der Waals surface area contributed by atoms with Crippen LogP contribution in [0.25, 0.3) is 20.7 Å². The number of hydrogen-bond donors (Lipinski definition) is 1. The van der Waals surface area contributed by atoms with Crippen molar-refractivity contribution in [3.63, 3.8) is 0 Å². The molecule has 0 aliphatic carbocycles. The largest absolute Gasteiger partial charge is 0.462 e. The van der Waals surface area contributed by atoms with Crippen molar-refractivity contribution in [1.82, 2.24) is 9.88 Å². The molecule has 1 saturated heterocycles. The summed E-state index contributed by atoms with van der Waals surface area (Å²) in [7, 11) is 0. The van der Waals surface area contributed by atoms with E-state index in [0.29, 0.717) is 23.0 Å². The molecule has 0 spiro atoms. The normalized spacial score (nSPS) is 15.0. The number of carbonyl (C=O) groups excluding carboxylic acids is 2. The second kappa shape index (κ2) is 10.4. The van der Waals surface area contributed by atoms with E-state index in [2.05, 4.69) is 28.4 Å². The number of para-hydroxylation sites is 1. The molecule has 0 bridgehead atoms. The van der Waals surface area contributed by atoms with Gasteiger partial charge in [0.2, 0.25) is 5.91 Å². The van der Waals surface area contributed by atoms with Crippen molar-refractivity contribution < 1.29 is 14.3 Å². The quantitative estimate of drug-likeness (QED) is 0.305. The lowest BCUT2D eigenvalue weighted by atomic mass is 9.97. The standard InChI is InChI=1S/C25H25N3O3S3/c1-2-31-25(30)22-17(19-8-5-13-32-19)15-33-24(22)27-21(29)14-28-11-9-16(10-12-28)23-26-18-6-3-4-7-20(18)34-23/h3-8,13,15-16H,2,9-12,14H2,1H3,(H,27,29). The number of thiophene rings is 2. The minimum atomic E-state index is -0.404. The first kappa shape index (κ1) is 23.2. The van der Waals surface area contributed by atoms with Crippen molar-refractivity contribution in [1.29, 1.82) is 0 Å². The van der Waals surface area contributed by atoms with Gasteiger partial charge in [0.1, 0.15) is 10.6 Å². The van der Waals surface area contributed by atoms with Crippen LogP contribution >= 0.6 is 34.0 Å². The third-order valence-corrected chi connectivity index (χ3v) is 8.92. The van der Waals surface area contributed by atoms with Gasteiger partial charge in [-0.25, -0.2) is 9.78 Å². The molecule has 1 aliphatic rings. The van der Waals surface area contributed by atoms with Crippen LogP contribution in [0.1, 0.15) is 41.0 Å². The van der Waals surface area contributed by atoms with Crippen LogP contribution in [0.15, 0.2) is 47.2 Å². The van der Waals surface area contributed by atoms with E-state index in [1.54, 1.807) is 29.6 Å². The van der Waals surface area contributed by atoms with Crippen molar-refractivity contribution >= 4 is 61.1 Å². The van der Waals surface area contributed by atoms with E-state index in [0.717, 1.165) is 41.9 Å². The van der Waals surface area contributed by atoms with E-state index < -0.39 is 5.97 Å². The summed E-state index contributed by atoms with van der Waals surface area (Å²) in [5.41, 5.74) is 2.32. The molecule has 5 rings (SSSR count). The minimum Gasteiger partial charge on any atom is -0.462 e.